The molecule has 0 amide bonds. The molecule has 3 rings (SSSR count). The van der Waals surface area contributed by atoms with Crippen LogP contribution in [-0.4, -0.2) is 17.2 Å². The molecule has 0 aliphatic heterocycles. The third-order valence-electron chi connectivity index (χ3n) is 5.87. The van der Waals surface area contributed by atoms with E-state index in [1.54, 1.807) is 16.7 Å². The fraction of sp³-hybridized carbons (Fsp3) is 0.706. The van der Waals surface area contributed by atoms with Crippen LogP contribution in [0.25, 0.3) is 0 Å². The summed E-state index contributed by atoms with van der Waals surface area (Å²) >= 11 is 0. The number of nitrogens with zero attached hydrogens (tertiary/aromatic N) is 1. The largest absolute Gasteiger partial charge is 0.314 e. The highest BCUT2D eigenvalue weighted by Gasteiger charge is 2.58. The number of hydrogen-bond acceptors (Lipinski definition) is 2. The fourth-order valence-electron chi connectivity index (χ4n) is 4.79. The first-order valence-electron chi connectivity index (χ1n) is 7.82. The molecule has 0 spiro atoms. The first-order chi connectivity index (χ1) is 9.43. The third-order valence-corrected chi connectivity index (χ3v) is 5.87. The number of aromatic nitrogens is 1. The van der Waals surface area contributed by atoms with Gasteiger partial charge in [-0.05, 0) is 42.1 Å². The van der Waals surface area contributed by atoms with Gasteiger partial charge < -0.3 is 9.88 Å². The van der Waals surface area contributed by atoms with E-state index in [-0.39, 0.29) is 5.56 Å². The van der Waals surface area contributed by atoms with E-state index in [1.807, 2.05) is 12.3 Å². The summed E-state index contributed by atoms with van der Waals surface area (Å²) in [6.07, 6.45) is 5.98. The summed E-state index contributed by atoms with van der Waals surface area (Å²) in [5.74, 6) is 0.865. The van der Waals surface area contributed by atoms with Crippen molar-refractivity contribution in [1.82, 2.24) is 9.88 Å². The van der Waals surface area contributed by atoms with Gasteiger partial charge >= 0.3 is 0 Å². The Morgan fingerprint density at radius 3 is 2.80 bits per heavy atom. The Labute approximate surface area is 121 Å². The van der Waals surface area contributed by atoms with Crippen molar-refractivity contribution < 1.29 is 0 Å². The summed E-state index contributed by atoms with van der Waals surface area (Å²) in [5.41, 5.74) is 0.928. The van der Waals surface area contributed by atoms with E-state index >= 15 is 0 Å². The van der Waals surface area contributed by atoms with Gasteiger partial charge in [0.15, 0.2) is 0 Å². The Bertz CT molecular complexity index is 543. The molecule has 0 saturated heterocycles. The molecule has 1 N–H and O–H groups in total. The van der Waals surface area contributed by atoms with Crippen LogP contribution >= 0.6 is 0 Å². The van der Waals surface area contributed by atoms with Gasteiger partial charge in [-0.3, -0.25) is 4.79 Å². The third kappa shape index (κ3) is 2.12. The number of fused-ring (bicyclic) bond motifs is 2. The zero-order valence-corrected chi connectivity index (χ0v) is 12.9. The molecule has 3 heteroatoms. The summed E-state index contributed by atoms with van der Waals surface area (Å²) in [7, 11) is 0. The van der Waals surface area contributed by atoms with E-state index in [0.717, 1.165) is 19.0 Å². The van der Waals surface area contributed by atoms with Crippen molar-refractivity contribution in [1.29, 1.82) is 0 Å². The van der Waals surface area contributed by atoms with Crippen LogP contribution < -0.4 is 10.9 Å². The zero-order chi connectivity index (χ0) is 14.4. The molecule has 2 aliphatic rings. The van der Waals surface area contributed by atoms with Crippen molar-refractivity contribution in [3.63, 3.8) is 0 Å². The van der Waals surface area contributed by atoms with Crippen LogP contribution in [-0.2, 0) is 6.54 Å². The van der Waals surface area contributed by atoms with E-state index in [2.05, 4.69) is 26.1 Å². The van der Waals surface area contributed by atoms with Gasteiger partial charge in [-0.25, -0.2) is 0 Å². The lowest BCUT2D eigenvalue weighted by molar-refractivity contribution is 0.108. The van der Waals surface area contributed by atoms with E-state index in [4.69, 9.17) is 0 Å². The van der Waals surface area contributed by atoms with Crippen molar-refractivity contribution in [3.05, 3.63) is 34.7 Å². The molecule has 3 unspecified atom stereocenters. The van der Waals surface area contributed by atoms with Gasteiger partial charge in [0.1, 0.15) is 0 Å². The molecule has 1 aromatic heterocycles. The summed E-state index contributed by atoms with van der Waals surface area (Å²) < 4.78 is 1.79. The lowest BCUT2D eigenvalue weighted by Crippen LogP contribution is -2.51. The summed E-state index contributed by atoms with van der Waals surface area (Å²) in [5, 5.41) is 3.76. The highest BCUT2D eigenvalue weighted by molar-refractivity contribution is 5.12. The predicted molar refractivity (Wildman–Crippen MR) is 81.7 cm³/mol. The average Bonchev–Trinajstić information content (AvgIpc) is 2.87. The maximum Gasteiger partial charge on any atom is 0.250 e. The van der Waals surface area contributed by atoms with E-state index < -0.39 is 0 Å². The molecule has 1 aromatic rings. The fourth-order valence-corrected chi connectivity index (χ4v) is 4.79. The molecule has 3 nitrogen and oxygen atoms in total. The van der Waals surface area contributed by atoms with Gasteiger partial charge in [-0.1, -0.05) is 26.8 Å². The van der Waals surface area contributed by atoms with E-state index in [1.165, 1.54) is 19.3 Å². The number of hydrogen-bond donors (Lipinski definition) is 1. The quantitative estimate of drug-likeness (QED) is 0.916. The molecule has 1 heterocycles. The Kier molecular flexibility index (Phi) is 3.28. The van der Waals surface area contributed by atoms with Crippen LogP contribution in [0.5, 0.6) is 0 Å². The lowest BCUT2D eigenvalue weighted by atomic mass is 9.68. The Balaban J connectivity index is 1.64. The van der Waals surface area contributed by atoms with Crippen molar-refractivity contribution in [2.24, 2.45) is 16.7 Å². The molecule has 2 fully saturated rings. The molecule has 0 radical (unpaired) electrons. The van der Waals surface area contributed by atoms with Crippen molar-refractivity contribution in [2.75, 3.05) is 6.54 Å². The van der Waals surface area contributed by atoms with Gasteiger partial charge in [0.25, 0.3) is 5.56 Å². The SMILES string of the molecule is CC12CCC(C1)C(C)(C)C2NCCn1ccccc1=O. The molecular weight excluding hydrogens is 248 g/mol. The number of pyridine rings is 1. The standard InChI is InChI=1S/C17H26N2O/c1-16(2)13-7-8-17(3,12-13)15(16)18-9-11-19-10-5-4-6-14(19)20/h4-6,10,13,15,18H,7-9,11-12H2,1-3H3. The van der Waals surface area contributed by atoms with Gasteiger partial charge in [-0.15, -0.1) is 0 Å². The second kappa shape index (κ2) is 4.73. The molecule has 3 atom stereocenters. The molecule has 110 valence electrons. The predicted octanol–water partition coefficient (Wildman–Crippen LogP) is 2.65. The summed E-state index contributed by atoms with van der Waals surface area (Å²) in [6, 6.07) is 5.92. The maximum absolute atomic E-state index is 11.7. The Morgan fingerprint density at radius 1 is 1.35 bits per heavy atom. The van der Waals surface area contributed by atoms with Gasteiger partial charge in [-0.2, -0.15) is 0 Å². The molecule has 20 heavy (non-hydrogen) atoms. The number of nitrogens with one attached hydrogen (secondary N) is 1. The second-order valence-corrected chi connectivity index (χ2v) is 7.53. The first kappa shape index (κ1) is 13.9. The van der Waals surface area contributed by atoms with Crippen molar-refractivity contribution in [2.45, 2.75) is 52.6 Å². The zero-order valence-electron chi connectivity index (χ0n) is 12.9. The van der Waals surface area contributed by atoms with Gasteiger partial charge in [0, 0.05) is 31.4 Å². The molecule has 2 bridgehead atoms. The van der Waals surface area contributed by atoms with E-state index in [9.17, 15) is 4.79 Å². The smallest absolute Gasteiger partial charge is 0.250 e. The molecule has 2 aliphatic carbocycles. The normalized spacial score (nSPS) is 34.5. The lowest BCUT2D eigenvalue weighted by Gasteiger charge is -2.43. The Hall–Kier alpha value is -1.09. The van der Waals surface area contributed by atoms with Gasteiger partial charge in [0.05, 0.1) is 0 Å². The van der Waals surface area contributed by atoms with Crippen molar-refractivity contribution in [3.8, 4) is 0 Å². The van der Waals surface area contributed by atoms with Crippen LogP contribution in [0.3, 0.4) is 0 Å². The topological polar surface area (TPSA) is 34.0 Å². The molecule has 0 aromatic carbocycles. The van der Waals surface area contributed by atoms with Crippen LogP contribution in [0.4, 0.5) is 0 Å². The highest BCUT2D eigenvalue weighted by Crippen LogP contribution is 2.62. The van der Waals surface area contributed by atoms with Crippen LogP contribution in [0.1, 0.15) is 40.0 Å². The molecule has 2 saturated carbocycles. The van der Waals surface area contributed by atoms with Gasteiger partial charge in [0.2, 0.25) is 0 Å². The van der Waals surface area contributed by atoms with Crippen LogP contribution in [0.15, 0.2) is 29.2 Å². The summed E-state index contributed by atoms with van der Waals surface area (Å²) in [4.78, 5) is 11.7. The van der Waals surface area contributed by atoms with Crippen LogP contribution in [0.2, 0.25) is 0 Å². The minimum Gasteiger partial charge on any atom is -0.314 e. The average molecular weight is 274 g/mol. The second-order valence-electron chi connectivity index (χ2n) is 7.53. The Morgan fingerprint density at radius 2 is 2.15 bits per heavy atom. The molecular formula is C17H26N2O. The van der Waals surface area contributed by atoms with Crippen LogP contribution in [0, 0.1) is 16.7 Å². The first-order valence-corrected chi connectivity index (χ1v) is 7.82. The van der Waals surface area contributed by atoms with E-state index in [0.29, 0.717) is 16.9 Å². The summed E-state index contributed by atoms with van der Waals surface area (Å²) in [6.45, 7) is 8.89. The van der Waals surface area contributed by atoms with Crippen molar-refractivity contribution >= 4 is 0 Å². The maximum atomic E-state index is 11.7. The number of rotatable bonds is 4. The minimum absolute atomic E-state index is 0.0905. The highest BCUT2D eigenvalue weighted by atomic mass is 16.1. The monoisotopic (exact) mass is 274 g/mol. The minimum atomic E-state index is 0.0905.